The van der Waals surface area contributed by atoms with Crippen molar-refractivity contribution in [2.45, 2.75) is 88.2 Å². The molecule has 0 aromatic carbocycles. The SMILES string of the molecule is CC(C)=CCC/C(C)=C\CO[C@]1([C@@H]2O[C@@H](CO)[C@H](O)[C@H]2O)O[C@H](CO)[C@@H](O)[C@H](O)[C@H]1O. The van der Waals surface area contributed by atoms with Gasteiger partial charge in [-0.2, -0.15) is 0 Å². The zero-order valence-corrected chi connectivity index (χ0v) is 18.2. The minimum atomic E-state index is -2.22. The minimum Gasteiger partial charge on any atom is -0.394 e. The van der Waals surface area contributed by atoms with Crippen LogP contribution in [0.2, 0.25) is 0 Å². The van der Waals surface area contributed by atoms with Gasteiger partial charge in [0.05, 0.1) is 19.8 Å². The van der Waals surface area contributed by atoms with Gasteiger partial charge in [0.15, 0.2) is 0 Å². The minimum absolute atomic E-state index is 0.106. The molecule has 2 rings (SSSR count). The lowest BCUT2D eigenvalue weighted by atomic mass is 9.87. The summed E-state index contributed by atoms with van der Waals surface area (Å²) in [6, 6.07) is 0. The Labute approximate surface area is 182 Å². The van der Waals surface area contributed by atoms with Crippen molar-refractivity contribution >= 4 is 0 Å². The molecule has 2 saturated heterocycles. The zero-order valence-electron chi connectivity index (χ0n) is 18.2. The molecule has 2 heterocycles. The second kappa shape index (κ2) is 11.3. The maximum absolute atomic E-state index is 10.8. The highest BCUT2D eigenvalue weighted by Crippen LogP contribution is 2.40. The van der Waals surface area contributed by atoms with Gasteiger partial charge in [-0.3, -0.25) is 0 Å². The molecule has 0 bridgehead atoms. The summed E-state index contributed by atoms with van der Waals surface area (Å²) in [4.78, 5) is 0. The average Bonchev–Trinajstić information content (AvgIpc) is 3.02. The van der Waals surface area contributed by atoms with Crippen LogP contribution in [0.1, 0.15) is 33.6 Å². The van der Waals surface area contributed by atoms with Gasteiger partial charge in [0, 0.05) is 0 Å². The van der Waals surface area contributed by atoms with E-state index in [9.17, 15) is 35.7 Å². The van der Waals surface area contributed by atoms with Crippen LogP contribution in [-0.4, -0.2) is 110 Å². The molecule has 31 heavy (non-hydrogen) atoms. The molecule has 0 aromatic heterocycles. The van der Waals surface area contributed by atoms with Crippen molar-refractivity contribution < 1.29 is 50.0 Å². The first-order valence-electron chi connectivity index (χ1n) is 10.5. The molecule has 7 N–H and O–H groups in total. The maximum Gasteiger partial charge on any atom is 0.227 e. The summed E-state index contributed by atoms with van der Waals surface area (Å²) in [5, 5.41) is 70.8. The first-order valence-corrected chi connectivity index (χ1v) is 10.5. The molecule has 0 radical (unpaired) electrons. The highest BCUT2D eigenvalue weighted by Gasteiger charge is 2.64. The van der Waals surface area contributed by atoms with Gasteiger partial charge in [-0.05, 0) is 33.6 Å². The Bertz CT molecular complexity index is 632. The van der Waals surface area contributed by atoms with Crippen LogP contribution >= 0.6 is 0 Å². The molecule has 2 aliphatic heterocycles. The van der Waals surface area contributed by atoms with Crippen LogP contribution in [-0.2, 0) is 14.2 Å². The molecule has 0 unspecified atom stereocenters. The van der Waals surface area contributed by atoms with Crippen molar-refractivity contribution in [3.05, 3.63) is 23.3 Å². The summed E-state index contributed by atoms with van der Waals surface area (Å²) in [7, 11) is 0. The molecule has 0 aliphatic carbocycles. The van der Waals surface area contributed by atoms with Crippen LogP contribution < -0.4 is 0 Å². The lowest BCUT2D eigenvalue weighted by Gasteiger charge is -2.50. The van der Waals surface area contributed by atoms with Gasteiger partial charge >= 0.3 is 0 Å². The summed E-state index contributed by atoms with van der Waals surface area (Å²) < 4.78 is 17.0. The summed E-state index contributed by atoms with van der Waals surface area (Å²) in [6.07, 6.45) is -7.00. The van der Waals surface area contributed by atoms with Crippen LogP contribution in [0.5, 0.6) is 0 Å². The van der Waals surface area contributed by atoms with E-state index in [-0.39, 0.29) is 6.61 Å². The molecule has 0 amide bonds. The Hall–Kier alpha value is -0.920. The van der Waals surface area contributed by atoms with Crippen molar-refractivity contribution in [3.63, 3.8) is 0 Å². The van der Waals surface area contributed by atoms with Crippen molar-refractivity contribution in [1.29, 1.82) is 0 Å². The lowest BCUT2D eigenvalue weighted by Crippen LogP contribution is -2.71. The first kappa shape index (κ1) is 26.3. The van der Waals surface area contributed by atoms with Gasteiger partial charge in [-0.15, -0.1) is 0 Å². The number of rotatable bonds is 9. The monoisotopic (exact) mass is 448 g/mol. The van der Waals surface area contributed by atoms with Crippen molar-refractivity contribution in [3.8, 4) is 0 Å². The van der Waals surface area contributed by atoms with Gasteiger partial charge in [0.25, 0.3) is 0 Å². The summed E-state index contributed by atoms with van der Waals surface area (Å²) in [5.74, 6) is -2.22. The molecular weight excluding hydrogens is 412 g/mol. The molecule has 2 fully saturated rings. The van der Waals surface area contributed by atoms with Gasteiger partial charge in [0.2, 0.25) is 5.79 Å². The third-order valence-electron chi connectivity index (χ3n) is 5.75. The summed E-state index contributed by atoms with van der Waals surface area (Å²) >= 11 is 0. The Balaban J connectivity index is 2.28. The van der Waals surface area contributed by atoms with E-state index < -0.39 is 67.8 Å². The zero-order chi connectivity index (χ0) is 23.3. The molecule has 2 aliphatic rings. The van der Waals surface area contributed by atoms with E-state index in [2.05, 4.69) is 6.08 Å². The van der Waals surface area contributed by atoms with Crippen molar-refractivity contribution in [2.24, 2.45) is 0 Å². The number of hydrogen-bond acceptors (Lipinski definition) is 10. The fourth-order valence-corrected chi connectivity index (χ4v) is 3.84. The third kappa shape index (κ3) is 5.72. The molecule has 180 valence electrons. The van der Waals surface area contributed by atoms with E-state index in [0.29, 0.717) is 0 Å². The number of aliphatic hydroxyl groups excluding tert-OH is 7. The molecular formula is C21H36O10. The lowest BCUT2D eigenvalue weighted by molar-refractivity contribution is -0.394. The van der Waals surface area contributed by atoms with E-state index in [4.69, 9.17) is 14.2 Å². The van der Waals surface area contributed by atoms with Crippen molar-refractivity contribution in [2.75, 3.05) is 19.8 Å². The van der Waals surface area contributed by atoms with Crippen molar-refractivity contribution in [1.82, 2.24) is 0 Å². The second-order valence-electron chi connectivity index (χ2n) is 8.43. The molecule has 0 spiro atoms. The van der Waals surface area contributed by atoms with Crippen LogP contribution in [0, 0.1) is 0 Å². The van der Waals surface area contributed by atoms with E-state index in [1.807, 2.05) is 20.8 Å². The van der Waals surface area contributed by atoms with E-state index >= 15 is 0 Å². The number of ether oxygens (including phenoxy) is 3. The number of allylic oxidation sites excluding steroid dienone is 3. The fraction of sp³-hybridized carbons (Fsp3) is 0.810. The predicted octanol–water partition coefficient (Wildman–Crippen LogP) is -1.65. The highest BCUT2D eigenvalue weighted by molar-refractivity contribution is 5.08. The van der Waals surface area contributed by atoms with Crippen LogP contribution in [0.15, 0.2) is 23.3 Å². The van der Waals surface area contributed by atoms with Crippen LogP contribution in [0.4, 0.5) is 0 Å². The first-order chi connectivity index (χ1) is 14.6. The Morgan fingerprint density at radius 3 is 2.03 bits per heavy atom. The molecule has 0 saturated carbocycles. The standard InChI is InChI=1S/C21H36O10/c1-11(2)5-4-6-12(3)7-8-29-21(20-18(27)15(24)13(9-22)30-20)19(28)17(26)16(25)14(10-23)31-21/h5,7,13-20,22-28H,4,6,8-10H2,1-3H3/b12-7-/t13-,14+,15-,16+,17-,18+,19+,20+,21-/m0/s1. The number of aliphatic hydroxyl groups is 7. The second-order valence-corrected chi connectivity index (χ2v) is 8.43. The summed E-state index contributed by atoms with van der Waals surface area (Å²) in [6.45, 7) is 4.49. The van der Waals surface area contributed by atoms with Gasteiger partial charge in [-0.25, -0.2) is 0 Å². The quantitative estimate of drug-likeness (QED) is 0.203. The Morgan fingerprint density at radius 2 is 1.48 bits per heavy atom. The van der Waals surface area contributed by atoms with E-state index in [1.165, 1.54) is 5.57 Å². The van der Waals surface area contributed by atoms with E-state index in [0.717, 1.165) is 18.4 Å². The van der Waals surface area contributed by atoms with Gasteiger partial charge in [0.1, 0.15) is 48.8 Å². The molecule has 0 aromatic rings. The van der Waals surface area contributed by atoms with Crippen LogP contribution in [0.25, 0.3) is 0 Å². The van der Waals surface area contributed by atoms with E-state index in [1.54, 1.807) is 6.08 Å². The highest BCUT2D eigenvalue weighted by atomic mass is 16.7. The molecule has 10 nitrogen and oxygen atoms in total. The smallest absolute Gasteiger partial charge is 0.227 e. The Kier molecular flexibility index (Phi) is 9.58. The average molecular weight is 449 g/mol. The van der Waals surface area contributed by atoms with Gasteiger partial charge in [-0.1, -0.05) is 23.3 Å². The largest absolute Gasteiger partial charge is 0.394 e. The molecule has 9 atom stereocenters. The topological polar surface area (TPSA) is 169 Å². The molecule has 10 heteroatoms. The fourth-order valence-electron chi connectivity index (χ4n) is 3.84. The van der Waals surface area contributed by atoms with Gasteiger partial charge < -0.3 is 50.0 Å². The normalized spacial score (nSPS) is 41.4. The number of hydrogen-bond donors (Lipinski definition) is 7. The summed E-state index contributed by atoms with van der Waals surface area (Å²) in [5.41, 5.74) is 2.19. The Morgan fingerprint density at radius 1 is 0.871 bits per heavy atom. The predicted molar refractivity (Wildman–Crippen MR) is 109 cm³/mol. The van der Waals surface area contributed by atoms with Crippen LogP contribution in [0.3, 0.4) is 0 Å². The maximum atomic E-state index is 10.8. The third-order valence-corrected chi connectivity index (χ3v) is 5.75.